The highest BCUT2D eigenvalue weighted by Gasteiger charge is 2.57. The lowest BCUT2D eigenvalue weighted by Gasteiger charge is -2.45. The molecule has 1 aliphatic rings. The van der Waals surface area contributed by atoms with Crippen LogP contribution in [0.25, 0.3) is 10.9 Å². The predicted octanol–water partition coefficient (Wildman–Crippen LogP) is 1.13. The fourth-order valence-corrected chi connectivity index (χ4v) is 4.14. The number of rotatable bonds is 6. The number of hydrogen-bond donors (Lipinski definition) is 6. The molecule has 2 heterocycles. The van der Waals surface area contributed by atoms with Crippen molar-refractivity contribution < 1.29 is 35.0 Å². The fourth-order valence-electron chi connectivity index (χ4n) is 4.14. The van der Waals surface area contributed by atoms with E-state index in [0.717, 1.165) is 28.6 Å². The zero-order valence-electron chi connectivity index (χ0n) is 18.0. The number of H-pyrrole nitrogens is 1. The Kier molecular flexibility index (Phi) is 6.26. The smallest absolute Gasteiger partial charge is 0.288 e. The van der Waals surface area contributed by atoms with Crippen LogP contribution in [0.2, 0.25) is 0 Å². The molecular formula is C24H29NO7. The van der Waals surface area contributed by atoms with Gasteiger partial charge in [-0.2, -0.15) is 0 Å². The lowest BCUT2D eigenvalue weighted by atomic mass is 9.95. The summed E-state index contributed by atoms with van der Waals surface area (Å²) in [5.41, 5.74) is 4.83. The Morgan fingerprint density at radius 3 is 2.44 bits per heavy atom. The molecule has 0 amide bonds. The van der Waals surface area contributed by atoms with Crippen LogP contribution in [-0.2, 0) is 17.6 Å². The molecule has 32 heavy (non-hydrogen) atoms. The van der Waals surface area contributed by atoms with Crippen molar-refractivity contribution in [3.05, 3.63) is 64.8 Å². The van der Waals surface area contributed by atoms with E-state index in [-0.39, 0.29) is 5.75 Å². The van der Waals surface area contributed by atoms with Gasteiger partial charge in [-0.1, -0.05) is 31.2 Å². The highest BCUT2D eigenvalue weighted by Crippen LogP contribution is 2.37. The standard InChI is InChI=1S/C24H29NO7/c1-3-14-4-6-15(7-5-14)10-16-11-25-17-8-13(2)9-18(20(16)17)32-24(30)22(28)21(27)19(12-26)31-23(24)29/h4-9,11,19,21-23,25-30H,3,10,12H2,1-2H3/t19-,21-,22+,23+,24+/m1/s1. The predicted molar refractivity (Wildman–Crippen MR) is 117 cm³/mol. The second-order valence-corrected chi connectivity index (χ2v) is 8.35. The summed E-state index contributed by atoms with van der Waals surface area (Å²) in [7, 11) is 0. The number of aromatic amines is 1. The second kappa shape index (κ2) is 8.82. The number of ether oxygens (including phenoxy) is 2. The van der Waals surface area contributed by atoms with Crippen molar-refractivity contribution in [3.8, 4) is 5.75 Å². The van der Waals surface area contributed by atoms with Crippen LogP contribution in [0.5, 0.6) is 5.75 Å². The van der Waals surface area contributed by atoms with Crippen LogP contribution in [0, 0.1) is 6.92 Å². The lowest BCUT2D eigenvalue weighted by molar-refractivity contribution is -0.385. The van der Waals surface area contributed by atoms with E-state index >= 15 is 0 Å². The van der Waals surface area contributed by atoms with Gasteiger partial charge in [-0.3, -0.25) is 0 Å². The van der Waals surface area contributed by atoms with Gasteiger partial charge in [-0.15, -0.1) is 0 Å². The van der Waals surface area contributed by atoms with E-state index in [0.29, 0.717) is 11.8 Å². The SMILES string of the molecule is CCc1ccc(Cc2c[nH]c3cc(C)cc(O[C@]4(O)[C@@H](O)O[C@H](CO)[C@@H](O)[C@@H]4O)c23)cc1. The fraction of sp³-hybridized carbons (Fsp3) is 0.417. The van der Waals surface area contributed by atoms with Crippen LogP contribution in [-0.4, -0.2) is 67.5 Å². The molecule has 0 aliphatic carbocycles. The number of nitrogens with one attached hydrogen (secondary N) is 1. The molecule has 2 aromatic carbocycles. The van der Waals surface area contributed by atoms with Crippen molar-refractivity contribution in [1.82, 2.24) is 4.98 Å². The minimum atomic E-state index is -2.64. The molecule has 8 nitrogen and oxygen atoms in total. The molecule has 0 bridgehead atoms. The van der Waals surface area contributed by atoms with Crippen molar-refractivity contribution in [1.29, 1.82) is 0 Å². The molecule has 1 aliphatic heterocycles. The number of aliphatic hydroxyl groups excluding tert-OH is 4. The zero-order valence-corrected chi connectivity index (χ0v) is 18.0. The Morgan fingerprint density at radius 2 is 1.78 bits per heavy atom. The van der Waals surface area contributed by atoms with E-state index in [9.17, 15) is 25.5 Å². The molecule has 1 saturated heterocycles. The minimum absolute atomic E-state index is 0.222. The summed E-state index contributed by atoms with van der Waals surface area (Å²) in [5.74, 6) is -2.41. The number of hydrogen-bond acceptors (Lipinski definition) is 7. The first-order valence-electron chi connectivity index (χ1n) is 10.7. The average Bonchev–Trinajstić information content (AvgIpc) is 3.18. The van der Waals surface area contributed by atoms with E-state index < -0.39 is 37.0 Å². The third kappa shape index (κ3) is 4.01. The second-order valence-electron chi connectivity index (χ2n) is 8.35. The van der Waals surface area contributed by atoms with Gasteiger partial charge in [-0.25, -0.2) is 0 Å². The Hall–Kier alpha value is -2.46. The molecule has 1 fully saturated rings. The van der Waals surface area contributed by atoms with Gasteiger partial charge in [0.15, 0.2) is 6.10 Å². The van der Waals surface area contributed by atoms with Crippen LogP contribution in [0.4, 0.5) is 0 Å². The van der Waals surface area contributed by atoms with E-state index in [1.807, 2.05) is 19.2 Å². The first kappa shape index (κ1) is 22.7. The number of benzene rings is 2. The molecule has 8 heteroatoms. The number of aliphatic hydroxyl groups is 5. The highest BCUT2D eigenvalue weighted by atomic mass is 16.7. The van der Waals surface area contributed by atoms with Gasteiger partial charge in [0, 0.05) is 17.1 Å². The van der Waals surface area contributed by atoms with Crippen molar-refractivity contribution in [2.75, 3.05) is 6.61 Å². The molecule has 0 unspecified atom stereocenters. The van der Waals surface area contributed by atoms with Gasteiger partial charge >= 0.3 is 0 Å². The number of aromatic nitrogens is 1. The first-order valence-corrected chi connectivity index (χ1v) is 10.7. The topological polar surface area (TPSA) is 135 Å². The summed E-state index contributed by atoms with van der Waals surface area (Å²) < 4.78 is 10.9. The molecule has 172 valence electrons. The average molecular weight is 443 g/mol. The molecule has 0 saturated carbocycles. The molecule has 4 rings (SSSR count). The van der Waals surface area contributed by atoms with E-state index in [1.54, 1.807) is 6.07 Å². The van der Waals surface area contributed by atoms with Crippen molar-refractivity contribution in [3.63, 3.8) is 0 Å². The Labute approximate surface area is 185 Å². The van der Waals surface area contributed by atoms with Gasteiger partial charge in [0.05, 0.1) is 6.61 Å². The lowest BCUT2D eigenvalue weighted by Crippen LogP contribution is -2.69. The maximum absolute atomic E-state index is 11.0. The van der Waals surface area contributed by atoms with Crippen molar-refractivity contribution >= 4 is 10.9 Å². The van der Waals surface area contributed by atoms with E-state index in [1.165, 1.54) is 5.56 Å². The molecule has 1 aromatic heterocycles. The third-order valence-electron chi connectivity index (χ3n) is 6.03. The number of aryl methyl sites for hydroxylation is 2. The van der Waals surface area contributed by atoms with Gasteiger partial charge in [-0.05, 0) is 54.2 Å². The first-order chi connectivity index (χ1) is 15.3. The minimum Gasteiger partial charge on any atom is -0.454 e. The van der Waals surface area contributed by atoms with Crippen LogP contribution in [0.1, 0.15) is 29.2 Å². The number of fused-ring (bicyclic) bond motifs is 1. The van der Waals surface area contributed by atoms with Gasteiger partial charge in [0.1, 0.15) is 18.0 Å². The van der Waals surface area contributed by atoms with Gasteiger partial charge in [0.2, 0.25) is 6.29 Å². The summed E-state index contributed by atoms with van der Waals surface area (Å²) in [5, 5.41) is 52.0. The Morgan fingerprint density at radius 1 is 1.09 bits per heavy atom. The molecule has 3 aromatic rings. The summed E-state index contributed by atoms with van der Waals surface area (Å²) in [6, 6.07) is 11.9. The molecular weight excluding hydrogens is 414 g/mol. The quantitative estimate of drug-likeness (QED) is 0.314. The largest absolute Gasteiger partial charge is 0.454 e. The Bertz CT molecular complexity index is 1080. The third-order valence-corrected chi connectivity index (χ3v) is 6.03. The van der Waals surface area contributed by atoms with E-state index in [4.69, 9.17) is 9.47 Å². The summed E-state index contributed by atoms with van der Waals surface area (Å²) in [6.45, 7) is 3.31. The molecule has 0 spiro atoms. The van der Waals surface area contributed by atoms with Crippen LogP contribution < -0.4 is 4.74 Å². The van der Waals surface area contributed by atoms with Crippen LogP contribution >= 0.6 is 0 Å². The highest BCUT2D eigenvalue weighted by molar-refractivity contribution is 5.90. The Balaban J connectivity index is 1.71. The summed E-state index contributed by atoms with van der Waals surface area (Å²) in [6.07, 6.45) is -3.40. The normalized spacial score (nSPS) is 28.2. The maximum Gasteiger partial charge on any atom is 0.288 e. The maximum atomic E-state index is 11.0. The zero-order chi connectivity index (χ0) is 23.0. The summed E-state index contributed by atoms with van der Waals surface area (Å²) in [4.78, 5) is 3.21. The van der Waals surface area contributed by atoms with Crippen molar-refractivity contribution in [2.45, 2.75) is 57.1 Å². The monoisotopic (exact) mass is 443 g/mol. The van der Waals surface area contributed by atoms with E-state index in [2.05, 4.69) is 36.2 Å². The molecule has 5 atom stereocenters. The van der Waals surface area contributed by atoms with Crippen LogP contribution in [0.15, 0.2) is 42.6 Å². The van der Waals surface area contributed by atoms with Gasteiger partial charge < -0.3 is 40.0 Å². The van der Waals surface area contributed by atoms with Gasteiger partial charge in [0.25, 0.3) is 5.79 Å². The molecule has 6 N–H and O–H groups in total. The molecule has 0 radical (unpaired) electrons. The van der Waals surface area contributed by atoms with Crippen LogP contribution in [0.3, 0.4) is 0 Å². The van der Waals surface area contributed by atoms with Crippen molar-refractivity contribution in [2.24, 2.45) is 0 Å². The summed E-state index contributed by atoms with van der Waals surface area (Å²) >= 11 is 0.